The van der Waals surface area contributed by atoms with E-state index >= 15 is 0 Å². The second-order valence-corrected chi connectivity index (χ2v) is 4.15. The lowest BCUT2D eigenvalue weighted by molar-refractivity contribution is 0.555. The van der Waals surface area contributed by atoms with Crippen LogP contribution in [0.4, 0.5) is 0 Å². The Morgan fingerprint density at radius 1 is 1.57 bits per heavy atom. The lowest BCUT2D eigenvalue weighted by Crippen LogP contribution is -1.99. The highest BCUT2D eigenvalue weighted by atomic mass is 79.9. The molecule has 0 saturated carbocycles. The van der Waals surface area contributed by atoms with Crippen LogP contribution in [0.3, 0.4) is 0 Å². The Bertz CT molecular complexity index is 345. The van der Waals surface area contributed by atoms with Gasteiger partial charge in [0.25, 0.3) is 0 Å². The van der Waals surface area contributed by atoms with Crippen LogP contribution in [-0.4, -0.2) is 12.1 Å². The number of benzene rings is 1. The van der Waals surface area contributed by atoms with Gasteiger partial charge in [0.05, 0.1) is 6.04 Å². The van der Waals surface area contributed by atoms with E-state index in [1.54, 1.807) is 6.08 Å². The molecule has 0 saturated heterocycles. The van der Waals surface area contributed by atoms with Crippen LogP contribution in [0, 0.1) is 0 Å². The lowest BCUT2D eigenvalue weighted by atomic mass is 10.1. The van der Waals surface area contributed by atoms with E-state index in [1.807, 2.05) is 19.1 Å². The van der Waals surface area contributed by atoms with E-state index in [0.717, 1.165) is 17.3 Å². The number of aryl methyl sites for hydroxylation is 1. The fraction of sp³-hybridized carbons (Fsp3) is 0.364. The quantitative estimate of drug-likeness (QED) is 0.599. The molecule has 0 radical (unpaired) electrons. The average molecular weight is 254 g/mol. The maximum absolute atomic E-state index is 9.98. The minimum absolute atomic E-state index is 0.0616. The Hall–Kier alpha value is -0.920. The van der Waals surface area contributed by atoms with Crippen molar-refractivity contribution >= 4 is 22.0 Å². The van der Waals surface area contributed by atoms with Crippen LogP contribution in [0.5, 0.6) is 0 Å². The van der Waals surface area contributed by atoms with E-state index < -0.39 is 0 Å². The van der Waals surface area contributed by atoms with Crippen molar-refractivity contribution in [3.8, 4) is 0 Å². The Balaban J connectivity index is 2.49. The smallest absolute Gasteiger partial charge is 0.211 e. The van der Waals surface area contributed by atoms with E-state index in [-0.39, 0.29) is 6.04 Å². The summed E-state index contributed by atoms with van der Waals surface area (Å²) in [5, 5.41) is 0. The van der Waals surface area contributed by atoms with Crippen LogP contribution < -0.4 is 0 Å². The number of carbonyl (C=O) groups excluding carboxylic acids is 1. The largest absolute Gasteiger partial charge is 0.235 e. The van der Waals surface area contributed by atoms with Crippen molar-refractivity contribution in [2.75, 3.05) is 0 Å². The molecule has 1 aromatic rings. The first-order chi connectivity index (χ1) is 6.72. The van der Waals surface area contributed by atoms with Crippen LogP contribution in [0.2, 0.25) is 0 Å². The molecule has 3 heteroatoms. The third-order valence-corrected chi connectivity index (χ3v) is 2.51. The molecule has 0 bridgehead atoms. The van der Waals surface area contributed by atoms with E-state index in [1.165, 1.54) is 5.56 Å². The highest BCUT2D eigenvalue weighted by Crippen LogP contribution is 2.14. The zero-order valence-electron chi connectivity index (χ0n) is 8.03. The number of aliphatic imine (C=N–C) groups is 1. The number of rotatable bonds is 4. The van der Waals surface area contributed by atoms with Gasteiger partial charge in [0.2, 0.25) is 6.08 Å². The second kappa shape index (κ2) is 5.74. The van der Waals surface area contributed by atoms with Gasteiger partial charge >= 0.3 is 0 Å². The molecule has 0 aliphatic heterocycles. The zero-order valence-corrected chi connectivity index (χ0v) is 9.62. The molecule has 1 atom stereocenters. The number of hydrogen-bond donors (Lipinski definition) is 0. The van der Waals surface area contributed by atoms with Gasteiger partial charge in [-0.15, -0.1) is 0 Å². The molecule has 0 aliphatic rings. The topological polar surface area (TPSA) is 29.4 Å². The average Bonchev–Trinajstić information content (AvgIpc) is 2.15. The predicted molar refractivity (Wildman–Crippen MR) is 60.0 cm³/mol. The molecule has 0 aromatic heterocycles. The maximum atomic E-state index is 9.98. The van der Waals surface area contributed by atoms with Gasteiger partial charge in [-0.2, -0.15) is 0 Å². The summed E-state index contributed by atoms with van der Waals surface area (Å²) in [5.41, 5.74) is 1.26. The van der Waals surface area contributed by atoms with Crippen LogP contribution in [0.1, 0.15) is 18.9 Å². The SMILES string of the molecule is CC(CCc1cccc(Br)c1)N=C=O. The van der Waals surface area contributed by atoms with Gasteiger partial charge in [0.15, 0.2) is 0 Å². The summed E-state index contributed by atoms with van der Waals surface area (Å²) in [5.74, 6) is 0. The van der Waals surface area contributed by atoms with Crippen LogP contribution in [0.15, 0.2) is 33.7 Å². The Kier molecular flexibility index (Phi) is 4.57. The van der Waals surface area contributed by atoms with Crippen molar-refractivity contribution in [3.63, 3.8) is 0 Å². The standard InChI is InChI=1S/C11H12BrNO/c1-9(13-8-14)5-6-10-3-2-4-11(12)7-10/h2-4,7,9H,5-6H2,1H3. The van der Waals surface area contributed by atoms with Crippen molar-refractivity contribution in [2.45, 2.75) is 25.8 Å². The molecular formula is C11H12BrNO. The van der Waals surface area contributed by atoms with Crippen molar-refractivity contribution in [1.82, 2.24) is 0 Å². The molecule has 1 unspecified atom stereocenters. The molecule has 0 fully saturated rings. The molecule has 1 rings (SSSR count). The van der Waals surface area contributed by atoms with E-state index in [0.29, 0.717) is 0 Å². The predicted octanol–water partition coefficient (Wildman–Crippen LogP) is 3.11. The lowest BCUT2D eigenvalue weighted by Gasteiger charge is -2.04. The summed E-state index contributed by atoms with van der Waals surface area (Å²) in [6, 6.07) is 8.22. The summed E-state index contributed by atoms with van der Waals surface area (Å²) in [6.07, 6.45) is 3.40. The minimum atomic E-state index is 0.0616. The number of halogens is 1. The van der Waals surface area contributed by atoms with E-state index in [4.69, 9.17) is 0 Å². The zero-order chi connectivity index (χ0) is 10.4. The first-order valence-corrected chi connectivity index (χ1v) is 5.33. The molecule has 0 N–H and O–H groups in total. The fourth-order valence-corrected chi connectivity index (χ4v) is 1.67. The molecule has 1 aromatic carbocycles. The van der Waals surface area contributed by atoms with Gasteiger partial charge in [-0.3, -0.25) is 0 Å². The summed E-state index contributed by atoms with van der Waals surface area (Å²) in [7, 11) is 0. The molecule has 0 spiro atoms. The van der Waals surface area contributed by atoms with Crippen molar-refractivity contribution in [3.05, 3.63) is 34.3 Å². The highest BCUT2D eigenvalue weighted by molar-refractivity contribution is 9.10. The molecule has 2 nitrogen and oxygen atoms in total. The Morgan fingerprint density at radius 3 is 3.00 bits per heavy atom. The summed E-state index contributed by atoms with van der Waals surface area (Å²) >= 11 is 3.41. The summed E-state index contributed by atoms with van der Waals surface area (Å²) in [4.78, 5) is 13.6. The van der Waals surface area contributed by atoms with E-state index in [2.05, 4.69) is 33.1 Å². The van der Waals surface area contributed by atoms with Crippen LogP contribution >= 0.6 is 15.9 Å². The third-order valence-electron chi connectivity index (χ3n) is 2.01. The highest BCUT2D eigenvalue weighted by Gasteiger charge is 2.00. The van der Waals surface area contributed by atoms with Gasteiger partial charge in [-0.1, -0.05) is 28.1 Å². The van der Waals surface area contributed by atoms with Gasteiger partial charge in [-0.05, 0) is 37.5 Å². The number of nitrogens with zero attached hydrogens (tertiary/aromatic N) is 1. The molecular weight excluding hydrogens is 242 g/mol. The Labute approximate surface area is 92.2 Å². The first-order valence-electron chi connectivity index (χ1n) is 4.54. The molecule has 0 amide bonds. The third kappa shape index (κ3) is 3.86. The monoisotopic (exact) mass is 253 g/mol. The van der Waals surface area contributed by atoms with Crippen molar-refractivity contribution in [2.24, 2.45) is 4.99 Å². The molecule has 0 heterocycles. The summed E-state index contributed by atoms with van der Waals surface area (Å²) in [6.45, 7) is 1.92. The number of isocyanates is 1. The van der Waals surface area contributed by atoms with Gasteiger partial charge in [0.1, 0.15) is 0 Å². The Morgan fingerprint density at radius 2 is 2.36 bits per heavy atom. The van der Waals surface area contributed by atoms with Crippen LogP contribution in [-0.2, 0) is 11.2 Å². The van der Waals surface area contributed by atoms with Crippen LogP contribution in [0.25, 0.3) is 0 Å². The van der Waals surface area contributed by atoms with E-state index in [9.17, 15) is 4.79 Å². The molecule has 74 valence electrons. The van der Waals surface area contributed by atoms with Gasteiger partial charge in [0, 0.05) is 4.47 Å². The van der Waals surface area contributed by atoms with Gasteiger partial charge in [-0.25, -0.2) is 9.79 Å². The normalized spacial score (nSPS) is 11.9. The molecule has 14 heavy (non-hydrogen) atoms. The maximum Gasteiger partial charge on any atom is 0.235 e. The van der Waals surface area contributed by atoms with Gasteiger partial charge < -0.3 is 0 Å². The minimum Gasteiger partial charge on any atom is -0.211 e. The summed E-state index contributed by atoms with van der Waals surface area (Å²) < 4.78 is 1.08. The molecule has 0 aliphatic carbocycles. The van der Waals surface area contributed by atoms with Crippen molar-refractivity contribution in [1.29, 1.82) is 0 Å². The fourth-order valence-electron chi connectivity index (χ4n) is 1.22. The number of hydrogen-bond acceptors (Lipinski definition) is 2. The first kappa shape index (κ1) is 11.2. The van der Waals surface area contributed by atoms with Crippen molar-refractivity contribution < 1.29 is 4.79 Å². The second-order valence-electron chi connectivity index (χ2n) is 3.24.